The number of benzene rings is 2. The van der Waals surface area contributed by atoms with E-state index in [0.29, 0.717) is 24.9 Å². The van der Waals surface area contributed by atoms with Gasteiger partial charge in [0, 0.05) is 31.0 Å². The topological polar surface area (TPSA) is 90.3 Å². The van der Waals surface area contributed by atoms with E-state index in [1.807, 2.05) is 18.2 Å². The van der Waals surface area contributed by atoms with Crippen molar-refractivity contribution in [3.05, 3.63) is 65.5 Å². The molecule has 1 saturated carbocycles. The van der Waals surface area contributed by atoms with Gasteiger partial charge in [0.1, 0.15) is 5.82 Å². The molecule has 0 bridgehead atoms. The van der Waals surface area contributed by atoms with E-state index in [-0.39, 0.29) is 41.0 Å². The molecular weight excluding hydrogens is 453 g/mol. The van der Waals surface area contributed by atoms with E-state index < -0.39 is 10.0 Å². The number of nitrogens with zero attached hydrogens (tertiary/aromatic N) is 2. The summed E-state index contributed by atoms with van der Waals surface area (Å²) in [5.74, 6) is -0.537. The number of amides is 1. The molecule has 0 unspecified atom stereocenters. The summed E-state index contributed by atoms with van der Waals surface area (Å²) in [4.78, 5) is 13.2. The molecule has 4 rings (SSSR count). The first-order chi connectivity index (χ1) is 16.3. The van der Waals surface area contributed by atoms with E-state index in [1.165, 1.54) is 47.1 Å². The second-order valence-corrected chi connectivity index (χ2v) is 11.3. The van der Waals surface area contributed by atoms with Gasteiger partial charge in [0.2, 0.25) is 15.9 Å². The summed E-state index contributed by atoms with van der Waals surface area (Å²) in [5.41, 5.74) is 1.30. The minimum atomic E-state index is -3.65. The third kappa shape index (κ3) is 5.16. The summed E-state index contributed by atoms with van der Waals surface area (Å²) in [7, 11) is -3.65. The van der Waals surface area contributed by atoms with Crippen LogP contribution in [0.25, 0.3) is 0 Å². The van der Waals surface area contributed by atoms with Crippen molar-refractivity contribution in [2.75, 3.05) is 19.6 Å². The van der Waals surface area contributed by atoms with Crippen molar-refractivity contribution in [1.29, 1.82) is 5.26 Å². The highest BCUT2D eigenvalue weighted by atomic mass is 32.2. The fraction of sp³-hybridized carbons (Fsp3) is 0.462. The maximum absolute atomic E-state index is 13.5. The molecule has 8 heteroatoms. The molecule has 2 fully saturated rings. The second kappa shape index (κ2) is 10.2. The number of hydrogen-bond donors (Lipinski definition) is 1. The molecule has 180 valence electrons. The van der Waals surface area contributed by atoms with Crippen LogP contribution in [0.15, 0.2) is 53.4 Å². The largest absolute Gasteiger partial charge is 0.355 e. The summed E-state index contributed by atoms with van der Waals surface area (Å²) in [5, 5.41) is 12.1. The zero-order chi connectivity index (χ0) is 24.2. The third-order valence-electron chi connectivity index (χ3n) is 7.31. The summed E-state index contributed by atoms with van der Waals surface area (Å²) >= 11 is 0. The zero-order valence-corrected chi connectivity index (χ0v) is 20.0. The van der Waals surface area contributed by atoms with Crippen molar-refractivity contribution in [3.63, 3.8) is 0 Å². The van der Waals surface area contributed by atoms with Crippen molar-refractivity contribution >= 4 is 15.9 Å². The normalized spacial score (nSPS) is 19.3. The molecule has 1 heterocycles. The summed E-state index contributed by atoms with van der Waals surface area (Å²) in [6.45, 7) is 1.08. The monoisotopic (exact) mass is 483 g/mol. The summed E-state index contributed by atoms with van der Waals surface area (Å²) in [6.07, 6.45) is 6.18. The van der Waals surface area contributed by atoms with Crippen molar-refractivity contribution < 1.29 is 17.6 Å². The first-order valence-corrected chi connectivity index (χ1v) is 13.3. The minimum absolute atomic E-state index is 0.0394. The summed E-state index contributed by atoms with van der Waals surface area (Å²) in [6, 6.07) is 14.5. The van der Waals surface area contributed by atoms with Gasteiger partial charge in [-0.15, -0.1) is 0 Å². The minimum Gasteiger partial charge on any atom is -0.355 e. The molecule has 0 spiro atoms. The van der Waals surface area contributed by atoms with E-state index >= 15 is 0 Å². The smallest absolute Gasteiger partial charge is 0.243 e. The van der Waals surface area contributed by atoms with Gasteiger partial charge in [0.15, 0.2) is 0 Å². The highest BCUT2D eigenvalue weighted by Crippen LogP contribution is 2.39. The van der Waals surface area contributed by atoms with Crippen molar-refractivity contribution in [1.82, 2.24) is 9.62 Å². The van der Waals surface area contributed by atoms with E-state index in [0.717, 1.165) is 31.2 Å². The lowest BCUT2D eigenvalue weighted by molar-refractivity contribution is -0.126. The Kier molecular flexibility index (Phi) is 7.34. The first kappa shape index (κ1) is 24.4. The molecule has 34 heavy (non-hydrogen) atoms. The third-order valence-corrected chi connectivity index (χ3v) is 9.23. The van der Waals surface area contributed by atoms with Gasteiger partial charge in [0.05, 0.1) is 16.5 Å². The fourth-order valence-electron chi connectivity index (χ4n) is 5.21. The number of nitrogens with one attached hydrogen (secondary N) is 1. The number of nitriles is 1. The number of carbonyl (C=O) groups excluding carboxylic acids is 1. The quantitative estimate of drug-likeness (QED) is 0.669. The fourth-order valence-corrected chi connectivity index (χ4v) is 6.68. The average Bonchev–Trinajstić information content (AvgIpc) is 2.88. The molecule has 1 aliphatic carbocycles. The van der Waals surface area contributed by atoms with Crippen LogP contribution in [0.3, 0.4) is 0 Å². The standard InChI is InChI=1S/C26H30FN3O3S/c27-23-8-6-22(7-9-23)26(14-2-1-3-15-26)19-29-25(31)21-12-16-30(17-13-21)34(32,33)24-10-4-20(18-28)5-11-24/h4-11,21H,1-3,12-17,19H2,(H,29,31). The van der Waals surface area contributed by atoms with Crippen molar-refractivity contribution in [2.24, 2.45) is 5.92 Å². The van der Waals surface area contributed by atoms with Gasteiger partial charge in [0.25, 0.3) is 0 Å². The highest BCUT2D eigenvalue weighted by molar-refractivity contribution is 7.89. The zero-order valence-electron chi connectivity index (χ0n) is 19.2. The molecule has 0 atom stereocenters. The first-order valence-electron chi connectivity index (χ1n) is 11.9. The van der Waals surface area contributed by atoms with Crippen LogP contribution in [0.2, 0.25) is 0 Å². The highest BCUT2D eigenvalue weighted by Gasteiger charge is 2.36. The Bertz CT molecular complexity index is 1140. The van der Waals surface area contributed by atoms with Crippen molar-refractivity contribution in [3.8, 4) is 6.07 Å². The Balaban J connectivity index is 1.36. The molecule has 2 aromatic rings. The lowest BCUT2D eigenvalue weighted by atomic mass is 9.69. The van der Waals surface area contributed by atoms with Gasteiger partial charge >= 0.3 is 0 Å². The number of carbonyl (C=O) groups is 1. The molecule has 0 radical (unpaired) electrons. The molecule has 1 saturated heterocycles. The Morgan fingerprint density at radius 1 is 1.03 bits per heavy atom. The van der Waals surface area contributed by atoms with Crippen LogP contribution in [0, 0.1) is 23.1 Å². The SMILES string of the molecule is N#Cc1ccc(S(=O)(=O)N2CCC(C(=O)NCC3(c4ccc(F)cc4)CCCCC3)CC2)cc1. The second-order valence-electron chi connectivity index (χ2n) is 9.38. The van der Waals surface area contributed by atoms with Crippen LogP contribution < -0.4 is 5.32 Å². The Hall–Kier alpha value is -2.76. The lowest BCUT2D eigenvalue weighted by Gasteiger charge is -2.39. The molecule has 6 nitrogen and oxygen atoms in total. The van der Waals surface area contributed by atoms with E-state index in [1.54, 1.807) is 0 Å². The molecule has 1 aliphatic heterocycles. The lowest BCUT2D eigenvalue weighted by Crippen LogP contribution is -2.47. The number of halogens is 1. The Morgan fingerprint density at radius 2 is 1.65 bits per heavy atom. The van der Waals surface area contributed by atoms with E-state index in [2.05, 4.69) is 5.32 Å². The van der Waals surface area contributed by atoms with Crippen LogP contribution in [0.1, 0.15) is 56.1 Å². The number of hydrogen-bond acceptors (Lipinski definition) is 4. The summed E-state index contributed by atoms with van der Waals surface area (Å²) < 4.78 is 40.7. The molecule has 1 N–H and O–H groups in total. The van der Waals surface area contributed by atoms with Gasteiger partial charge < -0.3 is 5.32 Å². The molecule has 2 aliphatic rings. The molecule has 2 aromatic carbocycles. The van der Waals surface area contributed by atoms with Crippen LogP contribution in [0.5, 0.6) is 0 Å². The van der Waals surface area contributed by atoms with Gasteiger partial charge in [-0.05, 0) is 67.6 Å². The Labute approximate surface area is 200 Å². The molecule has 1 amide bonds. The van der Waals surface area contributed by atoms with Crippen LogP contribution in [-0.2, 0) is 20.2 Å². The van der Waals surface area contributed by atoms with Gasteiger partial charge in [-0.25, -0.2) is 12.8 Å². The van der Waals surface area contributed by atoms with Crippen LogP contribution >= 0.6 is 0 Å². The number of sulfonamides is 1. The number of rotatable bonds is 6. The van der Waals surface area contributed by atoms with Gasteiger partial charge in [-0.1, -0.05) is 31.4 Å². The Morgan fingerprint density at radius 3 is 2.24 bits per heavy atom. The number of piperidine rings is 1. The maximum Gasteiger partial charge on any atom is 0.243 e. The predicted molar refractivity (Wildman–Crippen MR) is 127 cm³/mol. The van der Waals surface area contributed by atoms with E-state index in [4.69, 9.17) is 5.26 Å². The van der Waals surface area contributed by atoms with E-state index in [9.17, 15) is 17.6 Å². The van der Waals surface area contributed by atoms with Crippen LogP contribution in [0.4, 0.5) is 4.39 Å². The molecule has 0 aromatic heterocycles. The average molecular weight is 484 g/mol. The maximum atomic E-state index is 13.5. The van der Waals surface area contributed by atoms with Gasteiger partial charge in [-0.3, -0.25) is 4.79 Å². The van der Waals surface area contributed by atoms with Crippen molar-refractivity contribution in [2.45, 2.75) is 55.3 Å². The molecular formula is C26H30FN3O3S. The predicted octanol–water partition coefficient (Wildman–Crippen LogP) is 4.12. The van der Waals surface area contributed by atoms with Crippen LogP contribution in [-0.4, -0.2) is 38.3 Å². The van der Waals surface area contributed by atoms with Gasteiger partial charge in [-0.2, -0.15) is 9.57 Å².